The van der Waals surface area contributed by atoms with E-state index >= 15 is 0 Å². The minimum atomic E-state index is -2.89. The third kappa shape index (κ3) is 2.20. The molecule has 0 aromatic heterocycles. The minimum Gasteiger partial charge on any atom is -0.347 e. The normalized spacial score (nSPS) is 20.5. The van der Waals surface area contributed by atoms with Gasteiger partial charge >= 0.3 is 0 Å². The highest BCUT2D eigenvalue weighted by Gasteiger charge is 2.62. The van der Waals surface area contributed by atoms with Gasteiger partial charge in [-0.3, -0.25) is 9.59 Å². The molecule has 0 aromatic rings. The quantitative estimate of drug-likeness (QED) is 0.722. The van der Waals surface area contributed by atoms with Crippen LogP contribution in [-0.4, -0.2) is 42.3 Å². The van der Waals surface area contributed by atoms with Crippen molar-refractivity contribution in [1.29, 1.82) is 0 Å². The summed E-state index contributed by atoms with van der Waals surface area (Å²) in [6.45, 7) is 3.22. The average Bonchev–Trinajstić information content (AvgIpc) is 2.12. The van der Waals surface area contributed by atoms with Gasteiger partial charge in [-0.25, -0.2) is 8.78 Å². The molecule has 1 N–H and O–H groups in total. The summed E-state index contributed by atoms with van der Waals surface area (Å²) in [7, 11) is 2.92. The zero-order chi connectivity index (χ0) is 12.6. The molecule has 0 aliphatic heterocycles. The molecule has 4 nitrogen and oxygen atoms in total. The Morgan fingerprint density at radius 2 is 1.88 bits per heavy atom. The number of carbonyl (C=O) groups is 2. The van der Waals surface area contributed by atoms with Gasteiger partial charge in [0.2, 0.25) is 11.8 Å². The maximum Gasteiger partial charge on any atom is 0.253 e. The van der Waals surface area contributed by atoms with Gasteiger partial charge in [-0.2, -0.15) is 0 Å². The largest absolute Gasteiger partial charge is 0.347 e. The first-order chi connectivity index (χ1) is 7.22. The molecular weight excluding hydrogens is 218 g/mol. The Kier molecular flexibility index (Phi) is 3.03. The van der Waals surface area contributed by atoms with Gasteiger partial charge in [-0.05, 0) is 6.08 Å². The summed E-state index contributed by atoms with van der Waals surface area (Å²) in [6, 6.07) is 0. The van der Waals surface area contributed by atoms with Gasteiger partial charge in [0.15, 0.2) is 0 Å². The second-order valence-corrected chi connectivity index (χ2v) is 4.18. The zero-order valence-electron chi connectivity index (χ0n) is 9.22. The molecule has 0 atom stereocenters. The van der Waals surface area contributed by atoms with Crippen molar-refractivity contribution in [3.05, 3.63) is 12.7 Å². The van der Waals surface area contributed by atoms with Crippen LogP contribution < -0.4 is 5.32 Å². The maximum absolute atomic E-state index is 12.9. The lowest BCUT2D eigenvalue weighted by molar-refractivity contribution is -0.171. The van der Waals surface area contributed by atoms with Crippen LogP contribution in [0.1, 0.15) is 12.8 Å². The van der Waals surface area contributed by atoms with Gasteiger partial charge in [0, 0.05) is 26.9 Å². The predicted octanol–water partition coefficient (Wildman–Crippen LogP) is 0.545. The average molecular weight is 232 g/mol. The molecule has 16 heavy (non-hydrogen) atoms. The fraction of sp³-hybridized carbons (Fsp3) is 0.600. The van der Waals surface area contributed by atoms with Gasteiger partial charge in [0.05, 0.1) is 0 Å². The molecule has 1 fully saturated rings. The number of rotatable bonds is 3. The molecule has 0 heterocycles. The van der Waals surface area contributed by atoms with Crippen LogP contribution >= 0.6 is 0 Å². The molecule has 1 saturated carbocycles. The van der Waals surface area contributed by atoms with E-state index in [2.05, 4.69) is 11.9 Å². The number of hydrogen-bond donors (Lipinski definition) is 1. The fourth-order valence-electron chi connectivity index (χ4n) is 1.84. The van der Waals surface area contributed by atoms with Crippen LogP contribution in [0.2, 0.25) is 0 Å². The van der Waals surface area contributed by atoms with E-state index in [0.717, 1.165) is 6.08 Å². The van der Waals surface area contributed by atoms with Gasteiger partial charge in [-0.1, -0.05) is 6.58 Å². The fourth-order valence-corrected chi connectivity index (χ4v) is 1.84. The van der Waals surface area contributed by atoms with Crippen LogP contribution in [0.25, 0.3) is 0 Å². The van der Waals surface area contributed by atoms with Crippen molar-refractivity contribution < 1.29 is 18.4 Å². The highest BCUT2D eigenvalue weighted by Crippen LogP contribution is 2.46. The molecule has 0 spiro atoms. The number of likely N-dealkylation sites (N-methyl/N-ethyl adjacent to an activating group) is 1. The zero-order valence-corrected chi connectivity index (χ0v) is 9.22. The second-order valence-electron chi connectivity index (χ2n) is 4.18. The van der Waals surface area contributed by atoms with E-state index < -0.39 is 36.1 Å². The lowest BCUT2D eigenvalue weighted by Gasteiger charge is -2.47. The van der Waals surface area contributed by atoms with Crippen molar-refractivity contribution in [3.8, 4) is 0 Å². The van der Waals surface area contributed by atoms with Crippen LogP contribution in [0.3, 0.4) is 0 Å². The number of nitrogens with one attached hydrogen (secondary N) is 1. The first-order valence-corrected chi connectivity index (χ1v) is 4.77. The standard InChI is InChI=1S/C10H14F2N2O2/c1-4-7(15)13-9(8(16)14(2)3)5-10(11,12)6-9/h4H,1,5-6H2,2-3H3,(H,13,15). The number of alkyl halides is 2. The van der Waals surface area contributed by atoms with Crippen molar-refractivity contribution in [2.45, 2.75) is 24.3 Å². The molecule has 1 aliphatic carbocycles. The Morgan fingerprint density at radius 3 is 2.19 bits per heavy atom. The number of nitrogens with zero attached hydrogens (tertiary/aromatic N) is 1. The third-order valence-electron chi connectivity index (χ3n) is 2.48. The molecule has 0 saturated heterocycles. The lowest BCUT2D eigenvalue weighted by Crippen LogP contribution is -2.69. The van der Waals surface area contributed by atoms with Gasteiger partial charge < -0.3 is 10.2 Å². The van der Waals surface area contributed by atoms with E-state index in [1.165, 1.54) is 19.0 Å². The first kappa shape index (κ1) is 12.6. The maximum atomic E-state index is 12.9. The molecule has 1 aliphatic rings. The van der Waals surface area contributed by atoms with Crippen molar-refractivity contribution in [2.24, 2.45) is 0 Å². The first-order valence-electron chi connectivity index (χ1n) is 4.77. The Morgan fingerprint density at radius 1 is 1.38 bits per heavy atom. The number of halogens is 2. The van der Waals surface area contributed by atoms with E-state index in [-0.39, 0.29) is 0 Å². The Labute approximate surface area is 92.3 Å². The summed E-state index contributed by atoms with van der Waals surface area (Å²) in [5.41, 5.74) is -1.47. The topological polar surface area (TPSA) is 49.4 Å². The van der Waals surface area contributed by atoms with Crippen LogP contribution in [0.15, 0.2) is 12.7 Å². The van der Waals surface area contributed by atoms with Crippen LogP contribution in [0.5, 0.6) is 0 Å². The molecule has 0 bridgehead atoms. The Balaban J connectivity index is 2.84. The summed E-state index contributed by atoms with van der Waals surface area (Å²) in [5.74, 6) is -4.03. The smallest absolute Gasteiger partial charge is 0.253 e. The Bertz CT molecular complexity index is 332. The number of carbonyl (C=O) groups excluding carboxylic acids is 2. The van der Waals surface area contributed by atoms with Crippen molar-refractivity contribution in [1.82, 2.24) is 10.2 Å². The summed E-state index contributed by atoms with van der Waals surface area (Å²) in [4.78, 5) is 24.0. The number of amides is 2. The molecule has 6 heteroatoms. The molecule has 90 valence electrons. The summed E-state index contributed by atoms with van der Waals surface area (Å²) in [5, 5.41) is 2.29. The summed E-state index contributed by atoms with van der Waals surface area (Å²) in [6.07, 6.45) is -0.353. The summed E-state index contributed by atoms with van der Waals surface area (Å²) >= 11 is 0. The molecule has 0 radical (unpaired) electrons. The van der Waals surface area contributed by atoms with Gasteiger partial charge in [0.1, 0.15) is 5.54 Å². The van der Waals surface area contributed by atoms with Crippen LogP contribution in [0.4, 0.5) is 8.78 Å². The predicted molar refractivity (Wildman–Crippen MR) is 53.9 cm³/mol. The molecular formula is C10H14F2N2O2. The van der Waals surface area contributed by atoms with Gasteiger partial charge in [-0.15, -0.1) is 0 Å². The van der Waals surface area contributed by atoms with Crippen molar-refractivity contribution in [3.63, 3.8) is 0 Å². The lowest BCUT2D eigenvalue weighted by atomic mass is 9.72. The van der Waals surface area contributed by atoms with E-state index in [9.17, 15) is 18.4 Å². The number of hydrogen-bond acceptors (Lipinski definition) is 2. The van der Waals surface area contributed by atoms with E-state index in [1.54, 1.807) is 0 Å². The molecule has 0 aromatic carbocycles. The van der Waals surface area contributed by atoms with Crippen molar-refractivity contribution in [2.75, 3.05) is 14.1 Å². The van der Waals surface area contributed by atoms with E-state index in [0.29, 0.717) is 0 Å². The SMILES string of the molecule is C=CC(=O)NC1(C(=O)N(C)C)CC(F)(F)C1. The molecule has 0 unspecified atom stereocenters. The van der Waals surface area contributed by atoms with Crippen LogP contribution in [-0.2, 0) is 9.59 Å². The second kappa shape index (κ2) is 3.84. The van der Waals surface area contributed by atoms with Crippen molar-refractivity contribution >= 4 is 11.8 Å². The van der Waals surface area contributed by atoms with Crippen LogP contribution in [0, 0.1) is 0 Å². The Hall–Kier alpha value is -1.46. The van der Waals surface area contributed by atoms with E-state index in [4.69, 9.17) is 0 Å². The van der Waals surface area contributed by atoms with E-state index in [1.807, 2.05) is 0 Å². The minimum absolute atomic E-state index is 0.520. The summed E-state index contributed by atoms with van der Waals surface area (Å²) < 4.78 is 25.7. The highest BCUT2D eigenvalue weighted by atomic mass is 19.3. The molecule has 2 amide bonds. The molecule has 1 rings (SSSR count). The monoisotopic (exact) mass is 232 g/mol. The van der Waals surface area contributed by atoms with Gasteiger partial charge in [0.25, 0.3) is 5.92 Å². The third-order valence-corrected chi connectivity index (χ3v) is 2.48. The highest BCUT2D eigenvalue weighted by molar-refractivity contribution is 5.96.